The van der Waals surface area contributed by atoms with Crippen molar-refractivity contribution in [2.24, 2.45) is 17.8 Å². The average molecular weight is 300 g/mol. The molecule has 1 amide bonds. The van der Waals surface area contributed by atoms with E-state index in [9.17, 15) is 10.1 Å². The van der Waals surface area contributed by atoms with Gasteiger partial charge in [0.05, 0.1) is 5.56 Å². The van der Waals surface area contributed by atoms with Crippen LogP contribution in [0.15, 0.2) is 0 Å². The summed E-state index contributed by atoms with van der Waals surface area (Å²) >= 11 is 1.64. The highest BCUT2D eigenvalue weighted by Gasteiger charge is 2.43. The van der Waals surface area contributed by atoms with Crippen LogP contribution in [0.1, 0.15) is 54.5 Å². The fourth-order valence-electron chi connectivity index (χ4n) is 4.54. The zero-order valence-electron chi connectivity index (χ0n) is 12.2. The Labute approximate surface area is 129 Å². The lowest BCUT2D eigenvalue weighted by Crippen LogP contribution is -2.27. The lowest BCUT2D eigenvalue weighted by atomic mass is 9.88. The van der Waals surface area contributed by atoms with E-state index >= 15 is 0 Å². The highest BCUT2D eigenvalue weighted by atomic mass is 32.1. The molecule has 0 unspecified atom stereocenters. The molecule has 0 aromatic carbocycles. The number of thiophene rings is 1. The summed E-state index contributed by atoms with van der Waals surface area (Å²) in [5.74, 6) is 1.72. The summed E-state index contributed by atoms with van der Waals surface area (Å²) < 4.78 is 0. The second kappa shape index (κ2) is 5.14. The second-order valence-corrected chi connectivity index (χ2v) is 7.90. The molecule has 3 aliphatic carbocycles. The Morgan fingerprint density at radius 1 is 1.24 bits per heavy atom. The molecular weight excluding hydrogens is 280 g/mol. The molecule has 1 aromatic rings. The number of aryl methyl sites for hydroxylation is 1. The van der Waals surface area contributed by atoms with Crippen LogP contribution >= 0.6 is 11.3 Å². The van der Waals surface area contributed by atoms with Gasteiger partial charge in [-0.1, -0.05) is 6.42 Å². The Morgan fingerprint density at radius 3 is 2.81 bits per heavy atom. The Hall–Kier alpha value is -1.34. The highest BCUT2D eigenvalue weighted by Crippen LogP contribution is 2.49. The van der Waals surface area contributed by atoms with Crippen molar-refractivity contribution < 1.29 is 4.79 Å². The van der Waals surface area contributed by atoms with Gasteiger partial charge in [0, 0.05) is 10.8 Å². The average Bonchev–Trinajstić information content (AvgIpc) is 3.20. The van der Waals surface area contributed by atoms with Gasteiger partial charge in [-0.3, -0.25) is 4.79 Å². The number of nitrogens with zero attached hydrogens (tertiary/aromatic N) is 1. The van der Waals surface area contributed by atoms with Gasteiger partial charge in [-0.15, -0.1) is 11.3 Å². The van der Waals surface area contributed by atoms with Crippen molar-refractivity contribution in [2.75, 3.05) is 5.32 Å². The first kappa shape index (κ1) is 13.3. The molecule has 3 nitrogen and oxygen atoms in total. The van der Waals surface area contributed by atoms with Gasteiger partial charge in [0.15, 0.2) is 0 Å². The third-order valence-electron chi connectivity index (χ3n) is 5.59. The van der Waals surface area contributed by atoms with Gasteiger partial charge in [-0.25, -0.2) is 0 Å². The largest absolute Gasteiger partial charge is 0.316 e. The summed E-state index contributed by atoms with van der Waals surface area (Å²) in [5, 5.41) is 13.4. The maximum atomic E-state index is 12.6. The summed E-state index contributed by atoms with van der Waals surface area (Å²) in [6.45, 7) is 0. The van der Waals surface area contributed by atoms with Crippen molar-refractivity contribution in [1.29, 1.82) is 5.26 Å². The zero-order chi connectivity index (χ0) is 14.4. The van der Waals surface area contributed by atoms with Crippen LogP contribution in [0.3, 0.4) is 0 Å². The van der Waals surface area contributed by atoms with Gasteiger partial charge in [0.1, 0.15) is 11.1 Å². The smallest absolute Gasteiger partial charge is 0.228 e. The number of anilines is 1. The molecule has 2 fully saturated rings. The van der Waals surface area contributed by atoms with Gasteiger partial charge < -0.3 is 5.32 Å². The number of carbonyl (C=O) groups excluding carboxylic acids is 1. The fourth-order valence-corrected chi connectivity index (χ4v) is 5.79. The minimum Gasteiger partial charge on any atom is -0.316 e. The van der Waals surface area contributed by atoms with Crippen molar-refractivity contribution in [3.8, 4) is 6.07 Å². The lowest BCUT2D eigenvalue weighted by molar-refractivity contribution is -0.121. The zero-order valence-corrected chi connectivity index (χ0v) is 13.0. The van der Waals surface area contributed by atoms with Crippen LogP contribution < -0.4 is 5.32 Å². The molecule has 21 heavy (non-hydrogen) atoms. The number of nitriles is 1. The molecule has 2 saturated carbocycles. The predicted molar refractivity (Wildman–Crippen MR) is 83.2 cm³/mol. The van der Waals surface area contributed by atoms with E-state index in [-0.39, 0.29) is 11.8 Å². The van der Waals surface area contributed by atoms with E-state index < -0.39 is 0 Å². The van der Waals surface area contributed by atoms with Gasteiger partial charge in [0.25, 0.3) is 0 Å². The number of rotatable bonds is 2. The Bertz CT molecular complexity index is 627. The first-order valence-corrected chi connectivity index (χ1v) is 8.93. The van der Waals surface area contributed by atoms with Crippen molar-refractivity contribution in [2.45, 2.75) is 51.4 Å². The van der Waals surface area contributed by atoms with Crippen LogP contribution in [-0.2, 0) is 17.6 Å². The summed E-state index contributed by atoms with van der Waals surface area (Å²) in [7, 11) is 0. The standard InChI is InChI=1S/C17H20N2OS/c18-9-14-12-3-1-2-4-15(12)21-17(14)19-16(20)13-8-10-5-6-11(13)7-10/h10-11,13H,1-8H2,(H,19,20)/t10-,11-,13+/m0/s1. The van der Waals surface area contributed by atoms with Crippen LogP contribution in [-0.4, -0.2) is 5.91 Å². The van der Waals surface area contributed by atoms with Gasteiger partial charge in [-0.2, -0.15) is 5.26 Å². The first-order chi connectivity index (χ1) is 10.3. The summed E-state index contributed by atoms with van der Waals surface area (Å²) in [5.41, 5.74) is 1.95. The first-order valence-electron chi connectivity index (χ1n) is 8.11. The van der Waals surface area contributed by atoms with Crippen LogP contribution in [0.5, 0.6) is 0 Å². The second-order valence-electron chi connectivity index (χ2n) is 6.80. The minimum absolute atomic E-state index is 0.164. The van der Waals surface area contributed by atoms with Gasteiger partial charge in [0.2, 0.25) is 5.91 Å². The SMILES string of the molecule is N#Cc1c(NC(=O)[C@@H]2C[C@H]3CC[C@H]2C3)sc2c1CCCC2. The van der Waals surface area contributed by atoms with Crippen molar-refractivity contribution in [1.82, 2.24) is 0 Å². The fraction of sp³-hybridized carbons (Fsp3) is 0.647. The van der Waals surface area contributed by atoms with E-state index in [1.807, 2.05) is 0 Å². The molecule has 110 valence electrons. The van der Waals surface area contributed by atoms with E-state index in [0.29, 0.717) is 5.92 Å². The maximum Gasteiger partial charge on any atom is 0.228 e. The van der Waals surface area contributed by atoms with E-state index in [1.165, 1.54) is 36.1 Å². The molecule has 0 radical (unpaired) electrons. The number of carbonyl (C=O) groups is 1. The Balaban J connectivity index is 1.56. The van der Waals surface area contributed by atoms with Crippen molar-refractivity contribution in [3.63, 3.8) is 0 Å². The summed E-state index contributed by atoms with van der Waals surface area (Å²) in [4.78, 5) is 13.9. The molecule has 0 aliphatic heterocycles. The molecular formula is C17H20N2OS. The lowest BCUT2D eigenvalue weighted by Gasteiger charge is -2.20. The van der Waals surface area contributed by atoms with E-state index in [2.05, 4.69) is 11.4 Å². The summed E-state index contributed by atoms with van der Waals surface area (Å²) in [6, 6.07) is 2.33. The van der Waals surface area contributed by atoms with Gasteiger partial charge >= 0.3 is 0 Å². The van der Waals surface area contributed by atoms with E-state index in [0.717, 1.165) is 42.2 Å². The number of nitrogens with one attached hydrogen (secondary N) is 1. The normalized spacial score (nSPS) is 30.0. The monoisotopic (exact) mass is 300 g/mol. The topological polar surface area (TPSA) is 52.9 Å². The number of amides is 1. The molecule has 2 bridgehead atoms. The molecule has 1 aromatic heterocycles. The highest BCUT2D eigenvalue weighted by molar-refractivity contribution is 7.16. The molecule has 1 heterocycles. The molecule has 1 N–H and O–H groups in total. The number of hydrogen-bond acceptors (Lipinski definition) is 3. The third kappa shape index (κ3) is 2.19. The number of fused-ring (bicyclic) bond motifs is 3. The quantitative estimate of drug-likeness (QED) is 0.901. The third-order valence-corrected chi connectivity index (χ3v) is 6.80. The maximum absolute atomic E-state index is 12.6. The van der Waals surface area contributed by atoms with Crippen molar-refractivity contribution in [3.05, 3.63) is 16.0 Å². The minimum atomic E-state index is 0.164. The molecule has 0 spiro atoms. The summed E-state index contributed by atoms with van der Waals surface area (Å²) in [6.07, 6.45) is 9.27. The predicted octanol–water partition coefficient (Wildman–Crippen LogP) is 3.87. The number of hydrogen-bond donors (Lipinski definition) is 1. The molecule has 4 rings (SSSR count). The van der Waals surface area contributed by atoms with Crippen LogP contribution in [0.4, 0.5) is 5.00 Å². The van der Waals surface area contributed by atoms with E-state index in [4.69, 9.17) is 0 Å². The molecule has 0 saturated heterocycles. The van der Waals surface area contributed by atoms with Crippen LogP contribution in [0.2, 0.25) is 0 Å². The molecule has 3 aliphatic rings. The molecule has 4 heteroatoms. The molecule has 3 atom stereocenters. The van der Waals surface area contributed by atoms with Crippen LogP contribution in [0.25, 0.3) is 0 Å². The Kier molecular flexibility index (Phi) is 3.26. The Morgan fingerprint density at radius 2 is 2.10 bits per heavy atom. The van der Waals surface area contributed by atoms with E-state index in [1.54, 1.807) is 11.3 Å². The van der Waals surface area contributed by atoms with Crippen molar-refractivity contribution >= 4 is 22.2 Å². The van der Waals surface area contributed by atoms with Gasteiger partial charge in [-0.05, 0) is 62.3 Å². The van der Waals surface area contributed by atoms with Crippen LogP contribution in [0, 0.1) is 29.1 Å².